The molecule has 4 aromatic rings. The molecule has 1 aromatic carbocycles. The number of furan rings is 1. The van der Waals surface area contributed by atoms with E-state index >= 15 is 0 Å². The maximum atomic E-state index is 12.3. The van der Waals surface area contributed by atoms with Crippen LogP contribution in [-0.2, 0) is 4.79 Å². The van der Waals surface area contributed by atoms with E-state index in [0.29, 0.717) is 26.6 Å². The third kappa shape index (κ3) is 3.76. The SMILES string of the molecule is C[C@H](NC(=O)CSc1nnc2c(Cl)cc(Cl)cn12)c1cc2ccccc2o1. The molecule has 0 saturated carbocycles. The Labute approximate surface area is 168 Å². The fourth-order valence-corrected chi connectivity index (χ4v) is 3.93. The van der Waals surface area contributed by atoms with Gasteiger partial charge in [-0.3, -0.25) is 9.20 Å². The molecule has 0 aliphatic carbocycles. The first kappa shape index (κ1) is 18.2. The zero-order valence-electron chi connectivity index (χ0n) is 14.1. The van der Waals surface area contributed by atoms with Crippen molar-refractivity contribution in [1.82, 2.24) is 19.9 Å². The Morgan fingerprint density at radius 3 is 2.93 bits per heavy atom. The van der Waals surface area contributed by atoms with E-state index in [4.69, 9.17) is 27.6 Å². The fourth-order valence-electron chi connectivity index (χ4n) is 2.70. The number of nitrogens with one attached hydrogen (secondary N) is 1. The highest BCUT2D eigenvalue weighted by Crippen LogP contribution is 2.26. The summed E-state index contributed by atoms with van der Waals surface area (Å²) in [5.41, 5.74) is 1.30. The molecule has 0 aliphatic heterocycles. The summed E-state index contributed by atoms with van der Waals surface area (Å²) in [4.78, 5) is 12.3. The molecule has 0 spiro atoms. The molecule has 3 heterocycles. The Morgan fingerprint density at radius 2 is 2.11 bits per heavy atom. The molecule has 4 rings (SSSR count). The minimum absolute atomic E-state index is 0.141. The molecule has 9 heteroatoms. The number of fused-ring (bicyclic) bond motifs is 2. The summed E-state index contributed by atoms with van der Waals surface area (Å²) in [7, 11) is 0. The van der Waals surface area contributed by atoms with Crippen molar-refractivity contribution in [1.29, 1.82) is 0 Å². The van der Waals surface area contributed by atoms with Gasteiger partial charge in [-0.1, -0.05) is 53.2 Å². The lowest BCUT2D eigenvalue weighted by molar-refractivity contribution is -0.119. The van der Waals surface area contributed by atoms with Gasteiger partial charge in [-0.05, 0) is 25.1 Å². The molecule has 0 fully saturated rings. The largest absolute Gasteiger partial charge is 0.459 e. The summed E-state index contributed by atoms with van der Waals surface area (Å²) >= 11 is 13.4. The molecule has 3 aromatic heterocycles. The maximum Gasteiger partial charge on any atom is 0.231 e. The fraction of sp³-hybridized carbons (Fsp3) is 0.167. The second-order valence-electron chi connectivity index (χ2n) is 5.95. The van der Waals surface area contributed by atoms with Crippen molar-refractivity contribution in [2.75, 3.05) is 5.75 Å². The number of hydrogen-bond acceptors (Lipinski definition) is 5. The topological polar surface area (TPSA) is 72.4 Å². The van der Waals surface area contributed by atoms with Crippen molar-refractivity contribution in [2.24, 2.45) is 0 Å². The van der Waals surface area contributed by atoms with Gasteiger partial charge >= 0.3 is 0 Å². The van der Waals surface area contributed by atoms with Crippen molar-refractivity contribution >= 4 is 57.5 Å². The Balaban J connectivity index is 1.42. The van der Waals surface area contributed by atoms with Gasteiger partial charge in [0.05, 0.1) is 21.8 Å². The number of thioether (sulfide) groups is 1. The van der Waals surface area contributed by atoms with E-state index in [9.17, 15) is 4.79 Å². The first-order valence-electron chi connectivity index (χ1n) is 8.11. The van der Waals surface area contributed by atoms with Gasteiger partial charge in [0, 0.05) is 11.6 Å². The number of pyridine rings is 1. The van der Waals surface area contributed by atoms with Crippen LogP contribution in [0.3, 0.4) is 0 Å². The van der Waals surface area contributed by atoms with E-state index in [1.807, 2.05) is 37.3 Å². The third-order valence-corrected chi connectivity index (χ3v) is 5.40. The molecule has 0 bridgehead atoms. The number of aromatic nitrogens is 3. The summed E-state index contributed by atoms with van der Waals surface area (Å²) in [6.45, 7) is 1.88. The van der Waals surface area contributed by atoms with Gasteiger partial charge in [0.2, 0.25) is 5.91 Å². The molecule has 0 saturated heterocycles. The van der Waals surface area contributed by atoms with Gasteiger partial charge in [-0.25, -0.2) is 0 Å². The van der Waals surface area contributed by atoms with Crippen molar-refractivity contribution in [3.8, 4) is 0 Å². The smallest absolute Gasteiger partial charge is 0.231 e. The average molecular weight is 421 g/mol. The van der Waals surface area contributed by atoms with Gasteiger partial charge in [-0.2, -0.15) is 0 Å². The Bertz CT molecular complexity index is 1110. The summed E-state index contributed by atoms with van der Waals surface area (Å²) in [5.74, 6) is 0.744. The minimum atomic E-state index is -0.246. The van der Waals surface area contributed by atoms with E-state index in [1.165, 1.54) is 11.8 Å². The zero-order valence-corrected chi connectivity index (χ0v) is 16.5. The normalized spacial score (nSPS) is 12.6. The monoisotopic (exact) mass is 420 g/mol. The third-order valence-electron chi connectivity index (χ3n) is 3.98. The van der Waals surface area contributed by atoms with Crippen LogP contribution >= 0.6 is 35.0 Å². The van der Waals surface area contributed by atoms with Crippen LogP contribution in [0.1, 0.15) is 18.7 Å². The zero-order chi connectivity index (χ0) is 19.0. The second kappa shape index (κ2) is 7.42. The van der Waals surface area contributed by atoms with Gasteiger partial charge in [0.15, 0.2) is 10.8 Å². The molecule has 27 heavy (non-hydrogen) atoms. The number of amides is 1. The molecule has 1 atom stereocenters. The summed E-state index contributed by atoms with van der Waals surface area (Å²) in [6, 6.07) is 11.0. The lowest BCUT2D eigenvalue weighted by atomic mass is 10.2. The highest BCUT2D eigenvalue weighted by atomic mass is 35.5. The van der Waals surface area contributed by atoms with Crippen LogP contribution in [0, 0.1) is 0 Å². The lowest BCUT2D eigenvalue weighted by Gasteiger charge is -2.10. The molecule has 138 valence electrons. The van der Waals surface area contributed by atoms with Gasteiger partial charge < -0.3 is 9.73 Å². The van der Waals surface area contributed by atoms with E-state index in [1.54, 1.807) is 16.7 Å². The first-order chi connectivity index (χ1) is 13.0. The summed E-state index contributed by atoms with van der Waals surface area (Å²) < 4.78 is 7.46. The number of rotatable bonds is 5. The van der Waals surface area contributed by atoms with Crippen molar-refractivity contribution in [3.05, 3.63) is 58.4 Å². The van der Waals surface area contributed by atoms with Crippen LogP contribution in [0.5, 0.6) is 0 Å². The van der Waals surface area contributed by atoms with Gasteiger partial charge in [0.25, 0.3) is 0 Å². The number of benzene rings is 1. The Kier molecular flexibility index (Phi) is 4.99. The standard InChI is InChI=1S/C18H14Cl2N4O2S/c1-10(15-6-11-4-2-3-5-14(11)26-15)21-16(25)9-27-18-23-22-17-13(20)7-12(19)8-24(17)18/h2-8,10H,9H2,1H3,(H,21,25)/t10-/m0/s1. The van der Waals surface area contributed by atoms with Gasteiger partial charge in [-0.15, -0.1) is 10.2 Å². The highest BCUT2D eigenvalue weighted by Gasteiger charge is 2.16. The lowest BCUT2D eigenvalue weighted by Crippen LogP contribution is -2.28. The average Bonchev–Trinajstić information content (AvgIpc) is 3.24. The van der Waals surface area contributed by atoms with Crippen molar-refractivity contribution in [3.63, 3.8) is 0 Å². The van der Waals surface area contributed by atoms with Crippen LogP contribution in [0.15, 0.2) is 52.2 Å². The molecular weight excluding hydrogens is 407 g/mol. The molecular formula is C18H14Cl2N4O2S. The maximum absolute atomic E-state index is 12.3. The number of nitrogens with zero attached hydrogens (tertiary/aromatic N) is 3. The van der Waals surface area contributed by atoms with E-state index < -0.39 is 0 Å². The van der Waals surface area contributed by atoms with Crippen molar-refractivity contribution < 1.29 is 9.21 Å². The number of carbonyl (C=O) groups excluding carboxylic acids is 1. The summed E-state index contributed by atoms with van der Waals surface area (Å²) in [6.07, 6.45) is 1.67. The number of para-hydroxylation sites is 1. The van der Waals surface area contributed by atoms with Crippen LogP contribution in [0.25, 0.3) is 16.6 Å². The van der Waals surface area contributed by atoms with Crippen LogP contribution in [0.2, 0.25) is 10.0 Å². The van der Waals surface area contributed by atoms with E-state index in [0.717, 1.165) is 11.0 Å². The second-order valence-corrected chi connectivity index (χ2v) is 7.73. The summed E-state index contributed by atoms with van der Waals surface area (Å²) in [5, 5.41) is 13.4. The number of halogens is 2. The van der Waals surface area contributed by atoms with Crippen molar-refractivity contribution in [2.45, 2.75) is 18.1 Å². The Hall–Kier alpha value is -2.22. The number of carbonyl (C=O) groups is 1. The highest BCUT2D eigenvalue weighted by molar-refractivity contribution is 7.99. The predicted molar refractivity (Wildman–Crippen MR) is 107 cm³/mol. The predicted octanol–water partition coefficient (Wildman–Crippen LogP) is 4.75. The number of hydrogen-bond donors (Lipinski definition) is 1. The van der Waals surface area contributed by atoms with Crippen LogP contribution in [-0.4, -0.2) is 26.3 Å². The van der Waals surface area contributed by atoms with Gasteiger partial charge in [0.1, 0.15) is 11.3 Å². The minimum Gasteiger partial charge on any atom is -0.459 e. The molecule has 0 aliphatic rings. The Morgan fingerprint density at radius 1 is 1.30 bits per heavy atom. The quantitative estimate of drug-likeness (QED) is 0.471. The molecule has 0 radical (unpaired) electrons. The van der Waals surface area contributed by atoms with Crippen LogP contribution in [0.4, 0.5) is 0 Å². The molecule has 6 nitrogen and oxygen atoms in total. The molecule has 1 amide bonds. The van der Waals surface area contributed by atoms with Crippen LogP contribution < -0.4 is 5.32 Å². The van der Waals surface area contributed by atoms with E-state index in [-0.39, 0.29) is 17.7 Å². The van der Waals surface area contributed by atoms with E-state index in [2.05, 4.69) is 15.5 Å². The molecule has 1 N–H and O–H groups in total. The molecule has 0 unspecified atom stereocenters. The first-order valence-corrected chi connectivity index (χ1v) is 9.86.